The van der Waals surface area contributed by atoms with Crippen LogP contribution in [0.2, 0.25) is 0 Å². The zero-order valence-corrected chi connectivity index (χ0v) is 13.0. The van der Waals surface area contributed by atoms with Gasteiger partial charge in [0.1, 0.15) is 0 Å². The molecular formula is C14H24Cl2N2. The Morgan fingerprint density at radius 2 is 1.83 bits per heavy atom. The van der Waals surface area contributed by atoms with E-state index in [0.717, 1.165) is 19.6 Å². The number of halogens is 2. The second kappa shape index (κ2) is 7.34. The highest BCUT2D eigenvalue weighted by molar-refractivity contribution is 5.85. The van der Waals surface area contributed by atoms with Gasteiger partial charge < -0.3 is 5.32 Å². The van der Waals surface area contributed by atoms with Gasteiger partial charge in [-0.2, -0.15) is 0 Å². The van der Waals surface area contributed by atoms with Crippen LogP contribution < -0.4 is 5.32 Å². The molecule has 1 saturated heterocycles. The maximum absolute atomic E-state index is 3.65. The monoisotopic (exact) mass is 290 g/mol. The van der Waals surface area contributed by atoms with E-state index < -0.39 is 0 Å². The zero-order valence-electron chi connectivity index (χ0n) is 11.3. The maximum atomic E-state index is 3.65. The molecule has 0 radical (unpaired) electrons. The molecule has 2 nitrogen and oxygen atoms in total. The van der Waals surface area contributed by atoms with Crippen LogP contribution in [0.4, 0.5) is 0 Å². The summed E-state index contributed by atoms with van der Waals surface area (Å²) in [5, 5.41) is 3.65. The molecule has 0 aromatic heterocycles. The molecule has 1 aromatic carbocycles. The molecule has 1 aliphatic rings. The number of piperazine rings is 1. The van der Waals surface area contributed by atoms with Crippen molar-refractivity contribution in [1.29, 1.82) is 0 Å². The van der Waals surface area contributed by atoms with E-state index in [1.54, 1.807) is 0 Å². The molecule has 0 amide bonds. The fourth-order valence-corrected chi connectivity index (χ4v) is 2.80. The Morgan fingerprint density at radius 3 is 2.39 bits per heavy atom. The Kier molecular flexibility index (Phi) is 7.23. The van der Waals surface area contributed by atoms with Crippen LogP contribution in [-0.2, 0) is 0 Å². The Labute approximate surface area is 123 Å². The van der Waals surface area contributed by atoms with Gasteiger partial charge >= 0.3 is 0 Å². The molecule has 0 spiro atoms. The highest BCUT2D eigenvalue weighted by Gasteiger charge is 2.38. The molecule has 1 aromatic rings. The van der Waals surface area contributed by atoms with Crippen molar-refractivity contribution in [3.8, 4) is 0 Å². The van der Waals surface area contributed by atoms with Crippen LogP contribution >= 0.6 is 24.8 Å². The first-order chi connectivity index (χ1) is 7.66. The second-order valence-corrected chi connectivity index (χ2v) is 5.03. The minimum absolute atomic E-state index is 0. The Hall–Kier alpha value is -0.280. The number of hydrogen-bond acceptors (Lipinski definition) is 2. The number of hydrogen-bond donors (Lipinski definition) is 1. The van der Waals surface area contributed by atoms with Gasteiger partial charge in [-0.25, -0.2) is 0 Å². The van der Waals surface area contributed by atoms with Crippen LogP contribution in [0.1, 0.15) is 32.4 Å². The molecule has 4 heteroatoms. The summed E-state index contributed by atoms with van der Waals surface area (Å²) in [5.41, 5.74) is 1.58. The van der Waals surface area contributed by atoms with Crippen molar-refractivity contribution >= 4 is 24.8 Å². The van der Waals surface area contributed by atoms with E-state index in [4.69, 9.17) is 0 Å². The molecular weight excluding hydrogens is 267 g/mol. The minimum atomic E-state index is 0. The van der Waals surface area contributed by atoms with E-state index in [1.165, 1.54) is 5.56 Å². The first kappa shape index (κ1) is 17.7. The molecule has 1 heterocycles. The first-order valence-electron chi connectivity index (χ1n) is 6.19. The predicted molar refractivity (Wildman–Crippen MR) is 83.0 cm³/mol. The smallest absolute Gasteiger partial charge is 0.0502 e. The summed E-state index contributed by atoms with van der Waals surface area (Å²) in [4.78, 5) is 2.56. The van der Waals surface area contributed by atoms with Crippen molar-refractivity contribution in [2.45, 2.75) is 32.4 Å². The lowest BCUT2D eigenvalue weighted by Gasteiger charge is -2.48. The molecule has 1 N–H and O–H groups in total. The Balaban J connectivity index is 0.00000144. The third-order valence-electron chi connectivity index (χ3n) is 3.77. The van der Waals surface area contributed by atoms with Crippen molar-refractivity contribution in [3.63, 3.8) is 0 Å². The molecule has 0 aliphatic carbocycles. The van der Waals surface area contributed by atoms with E-state index in [9.17, 15) is 0 Å². The molecule has 104 valence electrons. The summed E-state index contributed by atoms with van der Waals surface area (Å²) in [6, 6.07) is 11.2. The fraction of sp³-hybridized carbons (Fsp3) is 0.571. The summed E-state index contributed by atoms with van der Waals surface area (Å²) in [6.07, 6.45) is 0. The van der Waals surface area contributed by atoms with Crippen molar-refractivity contribution < 1.29 is 0 Å². The lowest BCUT2D eigenvalue weighted by Crippen LogP contribution is -2.59. The Morgan fingerprint density at radius 1 is 1.22 bits per heavy atom. The largest absolute Gasteiger partial charge is 0.307 e. The normalized spacial score (nSPS) is 22.7. The van der Waals surface area contributed by atoms with Crippen molar-refractivity contribution in [2.75, 3.05) is 19.6 Å². The second-order valence-electron chi connectivity index (χ2n) is 5.03. The summed E-state index contributed by atoms with van der Waals surface area (Å²) < 4.78 is 0. The van der Waals surface area contributed by atoms with Gasteiger partial charge in [0.2, 0.25) is 0 Å². The number of nitrogens with one attached hydrogen (secondary N) is 1. The van der Waals surface area contributed by atoms with Gasteiger partial charge in [-0.05, 0) is 26.0 Å². The van der Waals surface area contributed by atoms with Gasteiger partial charge in [0.15, 0.2) is 0 Å². The van der Waals surface area contributed by atoms with E-state index in [2.05, 4.69) is 61.3 Å². The summed E-state index contributed by atoms with van der Waals surface area (Å²) in [5.74, 6) is 0. The van der Waals surface area contributed by atoms with E-state index in [-0.39, 0.29) is 30.4 Å². The number of nitrogens with zero attached hydrogens (tertiary/aromatic N) is 1. The van der Waals surface area contributed by atoms with Gasteiger partial charge in [-0.3, -0.25) is 4.90 Å². The minimum Gasteiger partial charge on any atom is -0.307 e. The van der Waals surface area contributed by atoms with Gasteiger partial charge in [-0.15, -0.1) is 24.8 Å². The van der Waals surface area contributed by atoms with Crippen molar-refractivity contribution in [1.82, 2.24) is 10.2 Å². The van der Waals surface area contributed by atoms with Crippen LogP contribution in [0.5, 0.6) is 0 Å². The van der Waals surface area contributed by atoms with Gasteiger partial charge in [0, 0.05) is 18.6 Å². The first-order valence-corrected chi connectivity index (χ1v) is 6.19. The average Bonchev–Trinajstić information content (AvgIpc) is 2.29. The van der Waals surface area contributed by atoms with Crippen molar-refractivity contribution in [2.24, 2.45) is 0 Å². The third-order valence-corrected chi connectivity index (χ3v) is 3.77. The maximum Gasteiger partial charge on any atom is 0.0502 e. The molecule has 1 aliphatic heterocycles. The van der Waals surface area contributed by atoms with Crippen LogP contribution in [0.15, 0.2) is 30.3 Å². The van der Waals surface area contributed by atoms with E-state index >= 15 is 0 Å². The summed E-state index contributed by atoms with van der Waals surface area (Å²) in [6.45, 7) is 10.3. The molecule has 1 fully saturated rings. The molecule has 2 rings (SSSR count). The standard InChI is InChI=1S/C14H22N2.2ClH/c1-4-16-11-10-15-13(14(16,2)3)12-8-6-5-7-9-12;;/h5-9,13,15H,4,10-11H2,1-3H3;2*1H. The third kappa shape index (κ3) is 3.39. The molecule has 0 bridgehead atoms. The molecule has 1 atom stereocenters. The Bertz CT molecular complexity index is 341. The molecule has 0 saturated carbocycles. The number of likely N-dealkylation sites (N-methyl/N-ethyl adjacent to an activating group) is 1. The topological polar surface area (TPSA) is 15.3 Å². The lowest BCUT2D eigenvalue weighted by atomic mass is 9.85. The summed E-state index contributed by atoms with van der Waals surface area (Å²) in [7, 11) is 0. The van der Waals surface area contributed by atoms with Crippen molar-refractivity contribution in [3.05, 3.63) is 35.9 Å². The van der Waals surface area contributed by atoms with E-state index in [0.29, 0.717) is 6.04 Å². The van der Waals surface area contributed by atoms with Gasteiger partial charge in [-0.1, -0.05) is 37.3 Å². The molecule has 1 unspecified atom stereocenters. The predicted octanol–water partition coefficient (Wildman–Crippen LogP) is 3.28. The van der Waals surface area contributed by atoms with Gasteiger partial charge in [0.05, 0.1) is 6.04 Å². The summed E-state index contributed by atoms with van der Waals surface area (Å²) >= 11 is 0. The highest BCUT2D eigenvalue weighted by atomic mass is 35.5. The average molecular weight is 291 g/mol. The van der Waals surface area contributed by atoms with Crippen LogP contribution in [0, 0.1) is 0 Å². The highest BCUT2D eigenvalue weighted by Crippen LogP contribution is 2.32. The van der Waals surface area contributed by atoms with Gasteiger partial charge in [0.25, 0.3) is 0 Å². The van der Waals surface area contributed by atoms with Crippen LogP contribution in [0.25, 0.3) is 0 Å². The number of benzene rings is 1. The SMILES string of the molecule is CCN1CCNC(c2ccccc2)C1(C)C.Cl.Cl. The van der Waals surface area contributed by atoms with Crippen LogP contribution in [-0.4, -0.2) is 30.1 Å². The van der Waals surface area contributed by atoms with Crippen LogP contribution in [0.3, 0.4) is 0 Å². The molecule has 18 heavy (non-hydrogen) atoms. The quantitative estimate of drug-likeness (QED) is 0.899. The fourth-order valence-electron chi connectivity index (χ4n) is 2.80. The van der Waals surface area contributed by atoms with E-state index in [1.807, 2.05) is 0 Å². The number of rotatable bonds is 2. The lowest BCUT2D eigenvalue weighted by molar-refractivity contribution is 0.0531. The zero-order chi connectivity index (χ0) is 11.6.